The van der Waals surface area contributed by atoms with E-state index in [4.69, 9.17) is 4.74 Å². The van der Waals surface area contributed by atoms with Crippen molar-refractivity contribution in [1.29, 1.82) is 0 Å². The number of hydrogen-bond acceptors (Lipinski definition) is 3. The number of amides is 3. The van der Waals surface area contributed by atoms with Gasteiger partial charge in [0.25, 0.3) is 5.91 Å². The number of benzene rings is 2. The third-order valence-electron chi connectivity index (χ3n) is 4.92. The summed E-state index contributed by atoms with van der Waals surface area (Å²) < 4.78 is 5.58. The Bertz CT molecular complexity index is 893. The number of carbonyl (C=O) groups is 2. The van der Waals surface area contributed by atoms with Gasteiger partial charge < -0.3 is 19.9 Å². The largest absolute Gasteiger partial charge is 0.494 e. The minimum Gasteiger partial charge on any atom is -0.494 e. The lowest BCUT2D eigenvalue weighted by atomic mass is 9.99. The molecule has 6 nitrogen and oxygen atoms in total. The molecule has 1 N–H and O–H groups in total. The summed E-state index contributed by atoms with van der Waals surface area (Å²) >= 11 is 0. The summed E-state index contributed by atoms with van der Waals surface area (Å²) in [5.74, 6) is 0.736. The number of fused-ring (bicyclic) bond motifs is 1. The van der Waals surface area contributed by atoms with Crippen molar-refractivity contribution in [2.75, 3.05) is 32.6 Å². The van der Waals surface area contributed by atoms with Gasteiger partial charge in [-0.1, -0.05) is 12.1 Å². The Labute approximate surface area is 166 Å². The van der Waals surface area contributed by atoms with Crippen LogP contribution in [0.1, 0.15) is 34.0 Å². The lowest BCUT2D eigenvalue weighted by Crippen LogP contribution is -2.39. The highest BCUT2D eigenvalue weighted by atomic mass is 16.5. The van der Waals surface area contributed by atoms with Crippen LogP contribution in [-0.2, 0) is 13.0 Å². The molecular weight excluding hydrogens is 354 g/mol. The summed E-state index contributed by atoms with van der Waals surface area (Å²) in [6, 6.07) is 11.3. The second-order valence-electron chi connectivity index (χ2n) is 7.19. The van der Waals surface area contributed by atoms with Gasteiger partial charge in [-0.2, -0.15) is 0 Å². The average Bonchev–Trinajstić information content (AvgIpc) is 2.68. The minimum atomic E-state index is -0.162. The topological polar surface area (TPSA) is 61.9 Å². The van der Waals surface area contributed by atoms with Crippen molar-refractivity contribution >= 4 is 17.6 Å². The maximum atomic E-state index is 12.8. The lowest BCUT2D eigenvalue weighted by molar-refractivity contribution is 0.0827. The molecule has 6 heteroatoms. The van der Waals surface area contributed by atoms with Gasteiger partial charge in [0.2, 0.25) is 0 Å². The van der Waals surface area contributed by atoms with Gasteiger partial charge in [0.15, 0.2) is 0 Å². The number of urea groups is 1. The van der Waals surface area contributed by atoms with Gasteiger partial charge in [-0.3, -0.25) is 4.79 Å². The summed E-state index contributed by atoms with van der Waals surface area (Å²) in [5, 5.41) is 2.97. The molecule has 3 rings (SSSR count). The molecule has 148 valence electrons. The number of nitrogens with one attached hydrogen (secondary N) is 1. The second-order valence-corrected chi connectivity index (χ2v) is 7.19. The molecule has 0 bridgehead atoms. The molecule has 28 heavy (non-hydrogen) atoms. The van der Waals surface area contributed by atoms with Crippen molar-refractivity contribution in [1.82, 2.24) is 9.80 Å². The van der Waals surface area contributed by atoms with Crippen molar-refractivity contribution in [3.8, 4) is 5.75 Å². The highest BCUT2D eigenvalue weighted by Gasteiger charge is 2.22. The number of rotatable bonds is 4. The fourth-order valence-electron chi connectivity index (χ4n) is 3.31. The molecule has 1 aliphatic heterocycles. The van der Waals surface area contributed by atoms with Crippen molar-refractivity contribution < 1.29 is 14.3 Å². The summed E-state index contributed by atoms with van der Waals surface area (Å²) in [6.45, 7) is 5.68. The summed E-state index contributed by atoms with van der Waals surface area (Å²) in [4.78, 5) is 28.4. The van der Waals surface area contributed by atoms with Crippen LogP contribution >= 0.6 is 0 Å². The minimum absolute atomic E-state index is 0.0918. The molecule has 1 heterocycles. The van der Waals surface area contributed by atoms with Gasteiger partial charge in [0, 0.05) is 38.4 Å². The number of anilines is 1. The van der Waals surface area contributed by atoms with Crippen molar-refractivity contribution in [3.05, 3.63) is 58.7 Å². The molecule has 3 amide bonds. The molecule has 0 unspecified atom stereocenters. The predicted molar refractivity (Wildman–Crippen MR) is 110 cm³/mol. The van der Waals surface area contributed by atoms with Crippen molar-refractivity contribution in [2.45, 2.75) is 26.8 Å². The SMILES string of the molecule is CCOc1ccc2c(c1)CN(C(=O)Nc1cc(C(=O)N(C)C)ccc1C)CC2. The van der Waals surface area contributed by atoms with Gasteiger partial charge in [-0.25, -0.2) is 4.79 Å². The predicted octanol–water partition coefficient (Wildman–Crippen LogP) is 3.69. The van der Waals surface area contributed by atoms with Crippen LogP contribution in [0.2, 0.25) is 0 Å². The van der Waals surface area contributed by atoms with E-state index in [0.29, 0.717) is 30.9 Å². The molecule has 2 aromatic carbocycles. The van der Waals surface area contributed by atoms with E-state index in [1.807, 2.05) is 32.0 Å². The normalized spacial score (nSPS) is 12.9. The molecule has 0 aromatic heterocycles. The lowest BCUT2D eigenvalue weighted by Gasteiger charge is -2.29. The molecule has 0 saturated heterocycles. The van der Waals surface area contributed by atoms with Crippen LogP contribution in [0.4, 0.5) is 10.5 Å². The molecule has 1 aliphatic rings. The van der Waals surface area contributed by atoms with Crippen LogP contribution < -0.4 is 10.1 Å². The van der Waals surface area contributed by atoms with Gasteiger partial charge in [0.05, 0.1) is 6.61 Å². The van der Waals surface area contributed by atoms with Gasteiger partial charge in [-0.15, -0.1) is 0 Å². The van der Waals surface area contributed by atoms with Gasteiger partial charge in [0.1, 0.15) is 5.75 Å². The van der Waals surface area contributed by atoms with E-state index in [1.165, 1.54) is 10.5 Å². The van der Waals surface area contributed by atoms with Crippen LogP contribution in [0.3, 0.4) is 0 Å². The van der Waals surface area contributed by atoms with E-state index in [2.05, 4.69) is 11.4 Å². The molecule has 0 saturated carbocycles. The highest BCUT2D eigenvalue weighted by Crippen LogP contribution is 2.25. The fraction of sp³-hybridized carbons (Fsp3) is 0.364. The third kappa shape index (κ3) is 4.27. The van der Waals surface area contributed by atoms with Crippen LogP contribution in [0.5, 0.6) is 5.75 Å². The molecule has 0 atom stereocenters. The Kier molecular flexibility index (Phi) is 5.87. The Morgan fingerprint density at radius 2 is 1.93 bits per heavy atom. The molecule has 0 aliphatic carbocycles. The Morgan fingerprint density at radius 1 is 1.14 bits per heavy atom. The van der Waals surface area contributed by atoms with E-state index in [0.717, 1.165) is 23.3 Å². The van der Waals surface area contributed by atoms with Crippen molar-refractivity contribution in [2.24, 2.45) is 0 Å². The van der Waals surface area contributed by atoms with Gasteiger partial charge >= 0.3 is 6.03 Å². The quantitative estimate of drug-likeness (QED) is 0.879. The standard InChI is InChI=1S/C22H27N3O3/c1-5-28-19-9-8-16-10-11-25(14-18(16)12-19)22(27)23-20-13-17(7-6-15(20)2)21(26)24(3)4/h6-9,12-13H,5,10-11,14H2,1-4H3,(H,23,27). The highest BCUT2D eigenvalue weighted by molar-refractivity contribution is 5.97. The van der Waals surface area contributed by atoms with E-state index in [9.17, 15) is 9.59 Å². The zero-order chi connectivity index (χ0) is 20.3. The number of nitrogens with zero attached hydrogens (tertiary/aromatic N) is 2. The summed E-state index contributed by atoms with van der Waals surface area (Å²) in [6.07, 6.45) is 0.813. The Hall–Kier alpha value is -3.02. The van der Waals surface area contributed by atoms with E-state index in [-0.39, 0.29) is 11.9 Å². The smallest absolute Gasteiger partial charge is 0.322 e. The van der Waals surface area contributed by atoms with E-state index >= 15 is 0 Å². The average molecular weight is 381 g/mol. The van der Waals surface area contributed by atoms with Crippen LogP contribution in [0.25, 0.3) is 0 Å². The first kappa shape index (κ1) is 19.7. The molecular formula is C22H27N3O3. The number of hydrogen-bond donors (Lipinski definition) is 1. The van der Waals surface area contributed by atoms with Crippen molar-refractivity contribution in [3.63, 3.8) is 0 Å². The molecule has 0 spiro atoms. The van der Waals surface area contributed by atoms with E-state index in [1.54, 1.807) is 31.1 Å². The number of carbonyl (C=O) groups excluding carboxylic acids is 2. The zero-order valence-electron chi connectivity index (χ0n) is 16.9. The Balaban J connectivity index is 1.74. The first-order valence-electron chi connectivity index (χ1n) is 9.52. The number of aryl methyl sites for hydroxylation is 1. The maximum absolute atomic E-state index is 12.8. The number of ether oxygens (including phenoxy) is 1. The third-order valence-corrected chi connectivity index (χ3v) is 4.92. The summed E-state index contributed by atoms with van der Waals surface area (Å²) in [5.41, 5.74) is 4.49. The second kappa shape index (κ2) is 8.33. The van der Waals surface area contributed by atoms with Crippen LogP contribution in [-0.4, -0.2) is 49.0 Å². The summed E-state index contributed by atoms with van der Waals surface area (Å²) in [7, 11) is 3.42. The first-order valence-corrected chi connectivity index (χ1v) is 9.52. The maximum Gasteiger partial charge on any atom is 0.322 e. The first-order chi connectivity index (χ1) is 13.4. The van der Waals surface area contributed by atoms with E-state index < -0.39 is 0 Å². The monoisotopic (exact) mass is 381 g/mol. The van der Waals surface area contributed by atoms with Crippen LogP contribution in [0.15, 0.2) is 36.4 Å². The van der Waals surface area contributed by atoms with Crippen LogP contribution in [0, 0.1) is 6.92 Å². The zero-order valence-corrected chi connectivity index (χ0v) is 16.9. The van der Waals surface area contributed by atoms with Gasteiger partial charge in [-0.05, 0) is 61.2 Å². The Morgan fingerprint density at radius 3 is 2.64 bits per heavy atom. The molecule has 0 fully saturated rings. The fourth-order valence-corrected chi connectivity index (χ4v) is 3.31. The molecule has 0 radical (unpaired) electrons. The molecule has 2 aromatic rings.